The van der Waals surface area contributed by atoms with E-state index in [0.717, 1.165) is 26.2 Å². The molecule has 0 radical (unpaired) electrons. The summed E-state index contributed by atoms with van der Waals surface area (Å²) in [6, 6.07) is 0. The fraction of sp³-hybridized carbons (Fsp3) is 0.750. The van der Waals surface area contributed by atoms with Gasteiger partial charge in [-0.25, -0.2) is 8.42 Å². The second-order valence-electron chi connectivity index (χ2n) is 4.88. The van der Waals surface area contributed by atoms with Crippen molar-refractivity contribution >= 4 is 10.0 Å². The molecule has 2 rings (SSSR count). The summed E-state index contributed by atoms with van der Waals surface area (Å²) in [6.45, 7) is 7.18. The number of nitrogens with zero attached hydrogens (tertiary/aromatic N) is 4. The molecule has 1 aliphatic heterocycles. The number of hydrogen-bond acceptors (Lipinski definition) is 5. The Morgan fingerprint density at radius 1 is 1.30 bits per heavy atom. The van der Waals surface area contributed by atoms with E-state index in [1.54, 1.807) is 15.2 Å². The lowest BCUT2D eigenvalue weighted by Gasteiger charge is -2.32. The highest BCUT2D eigenvalue weighted by Crippen LogP contribution is 2.16. The van der Waals surface area contributed by atoms with Gasteiger partial charge in [-0.3, -0.25) is 4.68 Å². The maximum atomic E-state index is 12.5. The second-order valence-corrected chi connectivity index (χ2v) is 6.82. The van der Waals surface area contributed by atoms with Crippen LogP contribution < -0.4 is 5.32 Å². The molecule has 0 unspecified atom stereocenters. The van der Waals surface area contributed by atoms with Crippen LogP contribution in [-0.4, -0.2) is 73.7 Å². The number of piperazine rings is 1. The lowest BCUT2D eigenvalue weighted by Crippen LogP contribution is -2.48. The molecule has 1 N–H and O–H groups in total. The van der Waals surface area contributed by atoms with Crippen LogP contribution in [0.4, 0.5) is 0 Å². The molecule has 8 heteroatoms. The highest BCUT2D eigenvalue weighted by Gasteiger charge is 2.28. The van der Waals surface area contributed by atoms with E-state index in [0.29, 0.717) is 24.5 Å². The molecule has 2 heterocycles. The molecule has 1 aliphatic rings. The Morgan fingerprint density at radius 3 is 2.60 bits per heavy atom. The topological polar surface area (TPSA) is 70.5 Å². The van der Waals surface area contributed by atoms with Gasteiger partial charge in [-0.15, -0.1) is 0 Å². The average Bonchev–Trinajstić information content (AvgIpc) is 2.94. The van der Waals surface area contributed by atoms with E-state index in [1.165, 1.54) is 6.20 Å². The summed E-state index contributed by atoms with van der Waals surface area (Å²) in [5, 5.41) is 7.12. The third-order valence-electron chi connectivity index (χ3n) is 3.62. The number of aromatic nitrogens is 2. The van der Waals surface area contributed by atoms with Gasteiger partial charge in [0, 0.05) is 38.9 Å². The van der Waals surface area contributed by atoms with Crippen LogP contribution in [0.5, 0.6) is 0 Å². The Balaban J connectivity index is 2.04. The Hall–Kier alpha value is -0.960. The van der Waals surface area contributed by atoms with Gasteiger partial charge >= 0.3 is 0 Å². The number of sulfonamides is 1. The Morgan fingerprint density at radius 2 is 2.00 bits per heavy atom. The summed E-state index contributed by atoms with van der Waals surface area (Å²) < 4.78 is 28.2. The summed E-state index contributed by atoms with van der Waals surface area (Å²) in [6.07, 6.45) is 3.05. The zero-order valence-corrected chi connectivity index (χ0v) is 12.9. The molecule has 0 spiro atoms. The summed E-state index contributed by atoms with van der Waals surface area (Å²) in [7, 11) is -1.54. The van der Waals surface area contributed by atoms with Gasteiger partial charge < -0.3 is 10.2 Å². The molecular weight excluding hydrogens is 278 g/mol. The van der Waals surface area contributed by atoms with Gasteiger partial charge in [0.25, 0.3) is 0 Å². The number of likely N-dealkylation sites (N-methyl/N-ethyl adjacent to an activating group) is 2. The number of nitrogens with one attached hydrogen (secondary N) is 1. The van der Waals surface area contributed by atoms with E-state index < -0.39 is 10.0 Å². The van der Waals surface area contributed by atoms with Crippen molar-refractivity contribution in [3.8, 4) is 0 Å². The maximum Gasteiger partial charge on any atom is 0.246 e. The van der Waals surface area contributed by atoms with E-state index >= 15 is 0 Å². The van der Waals surface area contributed by atoms with E-state index in [2.05, 4.69) is 22.2 Å². The van der Waals surface area contributed by atoms with Crippen LogP contribution in [-0.2, 0) is 16.6 Å². The SMILES string of the molecule is CCN1CCN(S(=O)(=O)c2cnn(CCNC)c2)CC1. The largest absolute Gasteiger partial charge is 0.318 e. The van der Waals surface area contributed by atoms with Crippen LogP contribution in [0, 0.1) is 0 Å². The quantitative estimate of drug-likeness (QED) is 0.762. The molecule has 114 valence electrons. The van der Waals surface area contributed by atoms with E-state index in [1.807, 2.05) is 7.05 Å². The fourth-order valence-corrected chi connectivity index (χ4v) is 3.64. The molecule has 1 saturated heterocycles. The minimum Gasteiger partial charge on any atom is -0.318 e. The van der Waals surface area contributed by atoms with Gasteiger partial charge in [-0.05, 0) is 13.6 Å². The van der Waals surface area contributed by atoms with Crippen LogP contribution in [0.3, 0.4) is 0 Å². The van der Waals surface area contributed by atoms with Gasteiger partial charge in [0.15, 0.2) is 0 Å². The zero-order valence-electron chi connectivity index (χ0n) is 12.1. The first kappa shape index (κ1) is 15.4. The Bertz CT molecular complexity index is 520. The normalized spacial score (nSPS) is 18.5. The predicted molar refractivity (Wildman–Crippen MR) is 77.0 cm³/mol. The van der Waals surface area contributed by atoms with E-state index in [4.69, 9.17) is 0 Å². The summed E-state index contributed by atoms with van der Waals surface area (Å²) in [4.78, 5) is 2.54. The molecule has 0 aromatic carbocycles. The molecule has 1 aromatic rings. The maximum absolute atomic E-state index is 12.5. The van der Waals surface area contributed by atoms with Crippen LogP contribution in [0.25, 0.3) is 0 Å². The predicted octanol–water partition coefficient (Wildman–Crippen LogP) is -0.571. The third-order valence-corrected chi connectivity index (χ3v) is 5.47. The first-order valence-corrected chi connectivity index (χ1v) is 8.41. The van der Waals surface area contributed by atoms with Crippen molar-refractivity contribution in [1.29, 1.82) is 0 Å². The minimum absolute atomic E-state index is 0.290. The third kappa shape index (κ3) is 3.38. The van der Waals surface area contributed by atoms with E-state index in [9.17, 15) is 8.42 Å². The summed E-state index contributed by atoms with van der Waals surface area (Å²) in [5.74, 6) is 0. The van der Waals surface area contributed by atoms with Crippen LogP contribution >= 0.6 is 0 Å². The summed E-state index contributed by atoms with van der Waals surface area (Å²) >= 11 is 0. The lowest BCUT2D eigenvalue weighted by atomic mass is 10.4. The standard InChI is InChI=1S/C12H23N5O2S/c1-3-15-6-8-17(9-7-15)20(18,19)12-10-14-16(11-12)5-4-13-2/h10-11,13H,3-9H2,1-2H3. The molecule has 0 bridgehead atoms. The Labute approximate surface area is 120 Å². The van der Waals surface area contributed by atoms with Gasteiger partial charge in [0.1, 0.15) is 4.90 Å². The highest BCUT2D eigenvalue weighted by molar-refractivity contribution is 7.89. The molecule has 20 heavy (non-hydrogen) atoms. The minimum atomic E-state index is -3.39. The fourth-order valence-electron chi connectivity index (χ4n) is 2.26. The molecule has 1 aromatic heterocycles. The molecular formula is C12H23N5O2S. The van der Waals surface area contributed by atoms with Gasteiger partial charge in [-0.2, -0.15) is 9.40 Å². The lowest BCUT2D eigenvalue weighted by molar-refractivity contribution is 0.196. The molecule has 0 amide bonds. The van der Waals surface area contributed by atoms with Crippen LogP contribution in [0.1, 0.15) is 6.92 Å². The second kappa shape index (κ2) is 6.66. The monoisotopic (exact) mass is 301 g/mol. The first-order valence-electron chi connectivity index (χ1n) is 6.97. The van der Waals surface area contributed by atoms with Gasteiger partial charge in [-0.1, -0.05) is 6.92 Å². The van der Waals surface area contributed by atoms with Crippen molar-refractivity contribution in [2.75, 3.05) is 46.3 Å². The van der Waals surface area contributed by atoms with Crippen molar-refractivity contribution < 1.29 is 8.42 Å². The number of hydrogen-bond donors (Lipinski definition) is 1. The molecule has 0 atom stereocenters. The van der Waals surface area contributed by atoms with Crippen molar-refractivity contribution in [1.82, 2.24) is 24.3 Å². The molecule has 1 fully saturated rings. The average molecular weight is 301 g/mol. The zero-order chi connectivity index (χ0) is 14.6. The summed E-state index contributed by atoms with van der Waals surface area (Å²) in [5.41, 5.74) is 0. The van der Waals surface area contributed by atoms with Crippen LogP contribution in [0.15, 0.2) is 17.3 Å². The van der Waals surface area contributed by atoms with E-state index in [-0.39, 0.29) is 0 Å². The number of rotatable bonds is 6. The van der Waals surface area contributed by atoms with Crippen LogP contribution in [0.2, 0.25) is 0 Å². The molecule has 0 saturated carbocycles. The van der Waals surface area contributed by atoms with Crippen molar-refractivity contribution in [3.05, 3.63) is 12.4 Å². The Kier molecular flexibility index (Phi) is 5.14. The molecule has 0 aliphatic carbocycles. The van der Waals surface area contributed by atoms with Crippen molar-refractivity contribution in [3.63, 3.8) is 0 Å². The van der Waals surface area contributed by atoms with Crippen molar-refractivity contribution in [2.24, 2.45) is 0 Å². The first-order chi connectivity index (χ1) is 9.57. The van der Waals surface area contributed by atoms with Crippen molar-refractivity contribution in [2.45, 2.75) is 18.4 Å². The smallest absolute Gasteiger partial charge is 0.246 e. The highest BCUT2D eigenvalue weighted by atomic mass is 32.2. The molecule has 7 nitrogen and oxygen atoms in total. The van der Waals surface area contributed by atoms with Gasteiger partial charge in [0.05, 0.1) is 12.7 Å². The van der Waals surface area contributed by atoms with Gasteiger partial charge in [0.2, 0.25) is 10.0 Å².